The van der Waals surface area contributed by atoms with Crippen LogP contribution in [0.15, 0.2) is 0 Å². The van der Waals surface area contributed by atoms with Gasteiger partial charge in [0.2, 0.25) is 0 Å². The molecule has 0 aromatic rings. The Balaban J connectivity index is 2.72. The summed E-state index contributed by atoms with van der Waals surface area (Å²) < 4.78 is 23.8. The molecule has 1 atom stereocenters. The van der Waals surface area contributed by atoms with E-state index in [0.717, 1.165) is 12.8 Å². The molecule has 138 valence electrons. The van der Waals surface area contributed by atoms with Gasteiger partial charge in [-0.1, -0.05) is 0 Å². The molecule has 1 rings (SSSR count). The zero-order chi connectivity index (χ0) is 18.1. The number of rotatable bonds is 7. The van der Waals surface area contributed by atoms with Crippen molar-refractivity contribution in [1.29, 1.82) is 0 Å². The second kappa shape index (κ2) is 7.23. The second-order valence-electron chi connectivity index (χ2n) is 8.57. The van der Waals surface area contributed by atoms with Gasteiger partial charge in [0.05, 0.1) is 12.3 Å². The molecule has 0 saturated carbocycles. The summed E-state index contributed by atoms with van der Waals surface area (Å²) in [5.41, 5.74) is 0.248. The molecule has 1 fully saturated rings. The Hall–Kier alpha value is 0.234. The van der Waals surface area contributed by atoms with E-state index in [2.05, 4.69) is 46.2 Å². The SMILES string of the molecule is CO[Si](C)(C)O[Si](C)(COC1CC(C)(C)N(C)C(C)(C)C1)OC. The van der Waals surface area contributed by atoms with Gasteiger partial charge in [-0.25, -0.2) is 0 Å². The van der Waals surface area contributed by atoms with Gasteiger partial charge in [0, 0.05) is 25.3 Å². The molecule has 7 heteroatoms. The van der Waals surface area contributed by atoms with Gasteiger partial charge in [-0.2, -0.15) is 0 Å². The van der Waals surface area contributed by atoms with Gasteiger partial charge in [-0.05, 0) is 67.2 Å². The van der Waals surface area contributed by atoms with Crippen LogP contribution in [-0.2, 0) is 17.7 Å². The minimum absolute atomic E-state index is 0.124. The third-order valence-electron chi connectivity index (χ3n) is 5.24. The maximum Gasteiger partial charge on any atom is 0.352 e. The summed E-state index contributed by atoms with van der Waals surface area (Å²) in [6.45, 7) is 15.3. The van der Waals surface area contributed by atoms with Crippen molar-refractivity contribution < 1.29 is 17.7 Å². The molecule has 0 N–H and O–H groups in total. The largest absolute Gasteiger partial charge is 0.413 e. The van der Waals surface area contributed by atoms with Crippen molar-refractivity contribution in [3.63, 3.8) is 0 Å². The van der Waals surface area contributed by atoms with E-state index in [1.165, 1.54) is 0 Å². The quantitative estimate of drug-likeness (QED) is 0.649. The van der Waals surface area contributed by atoms with E-state index in [1.54, 1.807) is 14.2 Å². The van der Waals surface area contributed by atoms with Crippen molar-refractivity contribution in [1.82, 2.24) is 4.90 Å². The van der Waals surface area contributed by atoms with E-state index in [-0.39, 0.29) is 17.2 Å². The van der Waals surface area contributed by atoms with Gasteiger partial charge in [0.25, 0.3) is 0 Å². The predicted molar refractivity (Wildman–Crippen MR) is 99.1 cm³/mol. The third kappa shape index (κ3) is 5.62. The van der Waals surface area contributed by atoms with Crippen LogP contribution in [0.5, 0.6) is 0 Å². The molecule has 0 aliphatic carbocycles. The first-order valence-corrected chi connectivity index (χ1v) is 13.8. The molecule has 5 nitrogen and oxygen atoms in total. The normalized spacial score (nSPS) is 25.3. The first-order chi connectivity index (χ1) is 10.3. The molecule has 1 unspecified atom stereocenters. The van der Waals surface area contributed by atoms with Crippen molar-refractivity contribution in [3.05, 3.63) is 0 Å². The highest BCUT2D eigenvalue weighted by atomic mass is 28.5. The second-order valence-corrected chi connectivity index (χ2v) is 15.6. The van der Waals surface area contributed by atoms with Crippen LogP contribution in [0, 0.1) is 0 Å². The number of hydrogen-bond donors (Lipinski definition) is 0. The van der Waals surface area contributed by atoms with Gasteiger partial charge in [0.15, 0.2) is 0 Å². The minimum Gasteiger partial charge on any atom is -0.413 e. The van der Waals surface area contributed by atoms with Crippen LogP contribution >= 0.6 is 0 Å². The van der Waals surface area contributed by atoms with E-state index in [1.807, 2.05) is 13.1 Å². The lowest BCUT2D eigenvalue weighted by Gasteiger charge is -2.53. The maximum absolute atomic E-state index is 6.30. The molecule has 0 aromatic carbocycles. The number of likely N-dealkylation sites (tertiary alicyclic amines) is 1. The van der Waals surface area contributed by atoms with Crippen molar-refractivity contribution in [2.45, 2.75) is 77.4 Å². The Morgan fingerprint density at radius 3 is 1.83 bits per heavy atom. The van der Waals surface area contributed by atoms with Crippen molar-refractivity contribution >= 4 is 17.1 Å². The van der Waals surface area contributed by atoms with Crippen molar-refractivity contribution in [2.75, 3.05) is 27.5 Å². The smallest absolute Gasteiger partial charge is 0.352 e. The number of nitrogens with zero attached hydrogens (tertiary/aromatic N) is 1. The number of ether oxygens (including phenoxy) is 1. The van der Waals surface area contributed by atoms with Gasteiger partial charge >= 0.3 is 17.1 Å². The Bertz CT molecular complexity index is 386. The first-order valence-electron chi connectivity index (χ1n) is 8.43. The van der Waals surface area contributed by atoms with E-state index >= 15 is 0 Å². The van der Waals surface area contributed by atoms with Crippen LogP contribution in [-0.4, -0.2) is 66.7 Å². The van der Waals surface area contributed by atoms with Crippen LogP contribution in [0.2, 0.25) is 19.6 Å². The molecule has 0 bridgehead atoms. The summed E-state index contributed by atoms with van der Waals surface area (Å²) in [4.78, 5) is 2.46. The summed E-state index contributed by atoms with van der Waals surface area (Å²) in [6.07, 6.45) is 2.82. The van der Waals surface area contributed by atoms with Crippen LogP contribution in [0.1, 0.15) is 40.5 Å². The Labute approximate surface area is 145 Å². The average molecular weight is 364 g/mol. The Morgan fingerprint density at radius 2 is 1.43 bits per heavy atom. The highest BCUT2D eigenvalue weighted by molar-refractivity contribution is 6.79. The highest BCUT2D eigenvalue weighted by Gasteiger charge is 2.45. The molecule has 0 aromatic heterocycles. The van der Waals surface area contributed by atoms with Crippen LogP contribution in [0.4, 0.5) is 0 Å². The molecule has 0 spiro atoms. The molecular weight excluding hydrogens is 326 g/mol. The molecule has 23 heavy (non-hydrogen) atoms. The lowest BCUT2D eigenvalue weighted by atomic mass is 9.79. The molecule has 1 heterocycles. The summed E-state index contributed by atoms with van der Waals surface area (Å²) in [7, 11) is 1.12. The van der Waals surface area contributed by atoms with Gasteiger partial charge in [-0.3, -0.25) is 4.90 Å². The van der Waals surface area contributed by atoms with Crippen LogP contribution in [0.25, 0.3) is 0 Å². The van der Waals surface area contributed by atoms with Crippen molar-refractivity contribution in [3.8, 4) is 0 Å². The van der Waals surface area contributed by atoms with E-state index in [4.69, 9.17) is 17.7 Å². The Kier molecular flexibility index (Phi) is 6.69. The van der Waals surface area contributed by atoms with E-state index < -0.39 is 17.1 Å². The molecule has 0 radical (unpaired) electrons. The highest BCUT2D eigenvalue weighted by Crippen LogP contribution is 2.38. The molecular formula is C16H37NO4Si2. The number of hydrogen-bond acceptors (Lipinski definition) is 5. The van der Waals surface area contributed by atoms with Gasteiger partial charge < -0.3 is 17.7 Å². The lowest BCUT2D eigenvalue weighted by molar-refractivity contribution is -0.0866. The third-order valence-corrected chi connectivity index (χ3v) is 11.5. The maximum atomic E-state index is 6.30. The summed E-state index contributed by atoms with van der Waals surface area (Å²) >= 11 is 0. The zero-order valence-electron chi connectivity index (χ0n) is 16.8. The first kappa shape index (κ1) is 21.3. The van der Waals surface area contributed by atoms with Crippen LogP contribution in [0.3, 0.4) is 0 Å². The molecule has 1 saturated heterocycles. The fraction of sp³-hybridized carbons (Fsp3) is 1.00. The summed E-state index contributed by atoms with van der Waals surface area (Å²) in [5.74, 6) is 0. The monoisotopic (exact) mass is 363 g/mol. The minimum atomic E-state index is -2.37. The van der Waals surface area contributed by atoms with Gasteiger partial charge in [0.1, 0.15) is 0 Å². The topological polar surface area (TPSA) is 40.2 Å². The molecule has 1 aliphatic rings. The lowest BCUT2D eigenvalue weighted by Crippen LogP contribution is -2.61. The number of piperidine rings is 1. The fourth-order valence-electron chi connectivity index (χ4n) is 3.36. The summed E-state index contributed by atoms with van der Waals surface area (Å²) in [6, 6.07) is 0. The van der Waals surface area contributed by atoms with Crippen LogP contribution < -0.4 is 0 Å². The molecule has 0 amide bonds. The molecule has 1 aliphatic heterocycles. The zero-order valence-corrected chi connectivity index (χ0v) is 18.8. The van der Waals surface area contributed by atoms with E-state index in [9.17, 15) is 0 Å². The average Bonchev–Trinajstić information content (AvgIpc) is 2.42. The van der Waals surface area contributed by atoms with Gasteiger partial charge in [-0.15, -0.1) is 0 Å². The van der Waals surface area contributed by atoms with Crippen molar-refractivity contribution in [2.24, 2.45) is 0 Å². The predicted octanol–water partition coefficient (Wildman–Crippen LogP) is 3.28. The Morgan fingerprint density at radius 1 is 0.957 bits per heavy atom. The standard InChI is InChI=1S/C16H37NO4Si2/c1-15(2)11-14(12-16(3,4)17(15)5)20-13-23(10,19-7)21-22(8,9)18-6/h14H,11-13H2,1-10H3. The summed E-state index contributed by atoms with van der Waals surface area (Å²) in [5, 5.41) is 0. The van der Waals surface area contributed by atoms with E-state index in [0.29, 0.717) is 6.23 Å². The fourth-order valence-corrected chi connectivity index (χ4v) is 9.08.